The molecular formula is C14H20ClNO3. The van der Waals surface area contributed by atoms with Gasteiger partial charge in [-0.15, -0.1) is 0 Å². The number of aromatic hydroxyl groups is 1. The topological polar surface area (TPSA) is 60.8 Å². The molecule has 0 aliphatic heterocycles. The van der Waals surface area contributed by atoms with Crippen molar-refractivity contribution in [3.05, 3.63) is 28.8 Å². The lowest BCUT2D eigenvalue weighted by atomic mass is 10.1. The molecule has 0 amide bonds. The van der Waals surface area contributed by atoms with Crippen molar-refractivity contribution in [2.24, 2.45) is 0 Å². The van der Waals surface area contributed by atoms with Gasteiger partial charge in [0.15, 0.2) is 0 Å². The van der Waals surface area contributed by atoms with Crippen LogP contribution in [-0.2, 0) is 11.3 Å². The number of carboxylic acid groups (broad SMARTS) is 1. The number of benzene rings is 1. The Kier molecular flexibility index (Phi) is 6.12. The molecule has 0 aliphatic carbocycles. The highest BCUT2D eigenvalue weighted by Gasteiger charge is 2.15. The van der Waals surface area contributed by atoms with E-state index in [0.29, 0.717) is 30.1 Å². The predicted octanol–water partition coefficient (Wildman–Crippen LogP) is 3.12. The summed E-state index contributed by atoms with van der Waals surface area (Å²) in [5.74, 6) is -0.610. The highest BCUT2D eigenvalue weighted by atomic mass is 35.5. The first kappa shape index (κ1) is 15.8. The quantitative estimate of drug-likeness (QED) is 0.808. The van der Waals surface area contributed by atoms with Crippen LogP contribution in [0.3, 0.4) is 0 Å². The zero-order valence-electron chi connectivity index (χ0n) is 11.3. The highest BCUT2D eigenvalue weighted by Crippen LogP contribution is 2.27. The molecule has 0 bridgehead atoms. The average molecular weight is 286 g/mol. The summed E-state index contributed by atoms with van der Waals surface area (Å²) in [6, 6.07) is 5.30. The molecule has 19 heavy (non-hydrogen) atoms. The molecule has 0 saturated heterocycles. The number of hydrogen-bond acceptors (Lipinski definition) is 3. The van der Waals surface area contributed by atoms with Gasteiger partial charge in [-0.05, 0) is 38.9 Å². The summed E-state index contributed by atoms with van der Waals surface area (Å²) in [4.78, 5) is 12.6. The lowest BCUT2D eigenvalue weighted by molar-refractivity contribution is -0.137. The van der Waals surface area contributed by atoms with Gasteiger partial charge in [-0.25, -0.2) is 0 Å². The van der Waals surface area contributed by atoms with E-state index in [1.165, 1.54) is 0 Å². The Balaban J connectivity index is 2.70. The van der Waals surface area contributed by atoms with Crippen molar-refractivity contribution in [3.63, 3.8) is 0 Å². The normalized spacial score (nSPS) is 11.2. The predicted molar refractivity (Wildman–Crippen MR) is 75.5 cm³/mol. The van der Waals surface area contributed by atoms with E-state index in [0.717, 1.165) is 0 Å². The maximum atomic E-state index is 10.5. The number of rotatable bonds is 7. The molecule has 0 radical (unpaired) electrons. The third-order valence-corrected chi connectivity index (χ3v) is 3.38. The Morgan fingerprint density at radius 3 is 2.63 bits per heavy atom. The molecule has 1 aromatic rings. The molecule has 0 fully saturated rings. The van der Waals surface area contributed by atoms with Gasteiger partial charge < -0.3 is 10.2 Å². The van der Waals surface area contributed by atoms with Crippen molar-refractivity contribution >= 4 is 17.6 Å². The first-order chi connectivity index (χ1) is 8.91. The third-order valence-electron chi connectivity index (χ3n) is 3.02. The fourth-order valence-corrected chi connectivity index (χ4v) is 2.09. The fraction of sp³-hybridized carbons (Fsp3) is 0.500. The summed E-state index contributed by atoms with van der Waals surface area (Å²) in [6.45, 7) is 5.25. The van der Waals surface area contributed by atoms with Crippen molar-refractivity contribution in [2.45, 2.75) is 39.3 Å². The van der Waals surface area contributed by atoms with Crippen LogP contribution >= 0.6 is 11.6 Å². The van der Waals surface area contributed by atoms with Crippen LogP contribution < -0.4 is 0 Å². The highest BCUT2D eigenvalue weighted by molar-refractivity contribution is 6.31. The van der Waals surface area contributed by atoms with Gasteiger partial charge in [0.1, 0.15) is 5.75 Å². The molecule has 1 rings (SSSR count). The van der Waals surface area contributed by atoms with Crippen molar-refractivity contribution in [1.82, 2.24) is 4.90 Å². The van der Waals surface area contributed by atoms with Crippen LogP contribution in [0.5, 0.6) is 5.75 Å². The summed E-state index contributed by atoms with van der Waals surface area (Å²) >= 11 is 6.08. The van der Waals surface area contributed by atoms with E-state index >= 15 is 0 Å². The van der Waals surface area contributed by atoms with Gasteiger partial charge >= 0.3 is 5.97 Å². The van der Waals surface area contributed by atoms with Gasteiger partial charge in [-0.3, -0.25) is 9.69 Å². The Morgan fingerprint density at radius 1 is 1.42 bits per heavy atom. The molecule has 0 aliphatic rings. The first-order valence-corrected chi connectivity index (χ1v) is 6.71. The molecule has 106 valence electrons. The number of hydrogen-bond donors (Lipinski definition) is 2. The molecule has 0 heterocycles. The molecule has 0 unspecified atom stereocenters. The van der Waals surface area contributed by atoms with Gasteiger partial charge in [0.05, 0.1) is 0 Å². The number of carbonyl (C=O) groups is 1. The van der Waals surface area contributed by atoms with Crippen LogP contribution in [0.15, 0.2) is 18.2 Å². The van der Waals surface area contributed by atoms with E-state index < -0.39 is 5.97 Å². The Hall–Kier alpha value is -1.26. The van der Waals surface area contributed by atoms with E-state index in [4.69, 9.17) is 16.7 Å². The van der Waals surface area contributed by atoms with E-state index in [2.05, 4.69) is 4.90 Å². The number of halogens is 1. The number of carboxylic acids is 1. The molecule has 4 nitrogen and oxygen atoms in total. The van der Waals surface area contributed by atoms with Crippen molar-refractivity contribution in [3.8, 4) is 5.75 Å². The average Bonchev–Trinajstić information content (AvgIpc) is 2.31. The maximum absolute atomic E-state index is 10.5. The van der Waals surface area contributed by atoms with Gasteiger partial charge in [0.2, 0.25) is 0 Å². The number of phenolic OH excluding ortho intramolecular Hbond substituents is 1. The minimum Gasteiger partial charge on any atom is -0.508 e. The second-order valence-electron chi connectivity index (χ2n) is 4.80. The van der Waals surface area contributed by atoms with Gasteiger partial charge in [-0.2, -0.15) is 0 Å². The first-order valence-electron chi connectivity index (χ1n) is 6.34. The minimum atomic E-state index is -0.788. The van der Waals surface area contributed by atoms with Crippen LogP contribution in [0.2, 0.25) is 5.02 Å². The standard InChI is InChI=1S/C14H20ClNO3/c1-10(2)16(8-4-7-14(18)19)9-11-12(15)5-3-6-13(11)17/h3,5-6,10,17H,4,7-9H2,1-2H3,(H,18,19). The zero-order valence-corrected chi connectivity index (χ0v) is 12.0. The molecule has 0 saturated carbocycles. The third kappa shape index (κ3) is 5.09. The van der Waals surface area contributed by atoms with Crippen LogP contribution in [0, 0.1) is 0 Å². The molecule has 0 atom stereocenters. The second-order valence-corrected chi connectivity index (χ2v) is 5.21. The van der Waals surface area contributed by atoms with E-state index in [1.807, 2.05) is 13.8 Å². The summed E-state index contributed by atoms with van der Waals surface area (Å²) < 4.78 is 0. The van der Waals surface area contributed by atoms with Crippen LogP contribution in [0.4, 0.5) is 0 Å². The van der Waals surface area contributed by atoms with Crippen molar-refractivity contribution < 1.29 is 15.0 Å². The molecule has 1 aromatic carbocycles. The fourth-order valence-electron chi connectivity index (χ4n) is 1.86. The van der Waals surface area contributed by atoms with Crippen LogP contribution in [0.25, 0.3) is 0 Å². The molecule has 2 N–H and O–H groups in total. The number of phenols is 1. The van der Waals surface area contributed by atoms with Gasteiger partial charge in [0, 0.05) is 29.6 Å². The molecule has 0 spiro atoms. The van der Waals surface area contributed by atoms with Gasteiger partial charge in [-0.1, -0.05) is 17.7 Å². The molecule has 5 heteroatoms. The lowest BCUT2D eigenvalue weighted by Gasteiger charge is -2.27. The summed E-state index contributed by atoms with van der Waals surface area (Å²) in [5.41, 5.74) is 0.688. The monoisotopic (exact) mass is 285 g/mol. The smallest absolute Gasteiger partial charge is 0.303 e. The Labute approximate surface area is 118 Å². The maximum Gasteiger partial charge on any atom is 0.303 e. The van der Waals surface area contributed by atoms with E-state index in [-0.39, 0.29) is 18.2 Å². The van der Waals surface area contributed by atoms with E-state index in [1.54, 1.807) is 18.2 Å². The minimum absolute atomic E-state index is 0.151. The number of nitrogens with zero attached hydrogens (tertiary/aromatic N) is 1. The summed E-state index contributed by atoms with van der Waals surface area (Å²) in [5, 5.41) is 19.0. The van der Waals surface area contributed by atoms with E-state index in [9.17, 15) is 9.90 Å². The Bertz CT molecular complexity index is 414. The van der Waals surface area contributed by atoms with Crippen molar-refractivity contribution in [1.29, 1.82) is 0 Å². The largest absolute Gasteiger partial charge is 0.508 e. The van der Waals surface area contributed by atoms with Gasteiger partial charge in [0.25, 0.3) is 0 Å². The van der Waals surface area contributed by atoms with Crippen LogP contribution in [-0.4, -0.2) is 33.7 Å². The summed E-state index contributed by atoms with van der Waals surface area (Å²) in [6.07, 6.45) is 0.733. The molecule has 0 aromatic heterocycles. The van der Waals surface area contributed by atoms with Crippen LogP contribution in [0.1, 0.15) is 32.3 Å². The number of aliphatic carboxylic acids is 1. The SMILES string of the molecule is CC(C)N(CCCC(=O)O)Cc1c(O)cccc1Cl. The zero-order chi connectivity index (χ0) is 14.4. The molecular weight excluding hydrogens is 266 g/mol. The second kappa shape index (κ2) is 7.36. The Morgan fingerprint density at radius 2 is 2.11 bits per heavy atom. The lowest BCUT2D eigenvalue weighted by Crippen LogP contribution is -2.31. The van der Waals surface area contributed by atoms with Crippen molar-refractivity contribution in [2.75, 3.05) is 6.54 Å². The summed E-state index contributed by atoms with van der Waals surface area (Å²) in [7, 11) is 0.